The van der Waals surface area contributed by atoms with Crippen LogP contribution in [0.5, 0.6) is 11.5 Å². The molecule has 0 saturated carbocycles. The molecule has 0 spiro atoms. The normalized spacial score (nSPS) is 17.4. The van der Waals surface area contributed by atoms with E-state index in [9.17, 15) is 14.4 Å². The van der Waals surface area contributed by atoms with Gasteiger partial charge in [0.05, 0.1) is 24.5 Å². The molecular weight excluding hydrogens is 452 g/mol. The molecule has 1 heterocycles. The lowest BCUT2D eigenvalue weighted by atomic mass is 9.71. The number of carbonyl (C=O) groups excluding carboxylic acids is 3. The van der Waals surface area contributed by atoms with Crippen LogP contribution in [0.3, 0.4) is 0 Å². The fourth-order valence-electron chi connectivity index (χ4n) is 4.71. The van der Waals surface area contributed by atoms with Gasteiger partial charge in [0.15, 0.2) is 17.3 Å². The fraction of sp³-hybridized carbons (Fsp3) is 0.129. The Kier molecular flexibility index (Phi) is 6.46. The van der Waals surface area contributed by atoms with Crippen molar-refractivity contribution in [3.63, 3.8) is 0 Å². The highest BCUT2D eigenvalue weighted by molar-refractivity contribution is 6.20. The number of fused-ring (bicyclic) bond motifs is 1. The van der Waals surface area contributed by atoms with Crippen LogP contribution in [-0.2, 0) is 0 Å². The van der Waals surface area contributed by atoms with E-state index in [0.717, 1.165) is 5.56 Å². The molecular formula is C31H24O5. The lowest BCUT2D eigenvalue weighted by molar-refractivity contribution is 0.0428. The maximum absolute atomic E-state index is 14.0. The molecule has 0 aliphatic carbocycles. The number of carbonyl (C=O) groups is 3. The van der Waals surface area contributed by atoms with Crippen LogP contribution in [0.4, 0.5) is 0 Å². The summed E-state index contributed by atoms with van der Waals surface area (Å²) in [4.78, 5) is 42.0. The molecule has 1 aliphatic heterocycles. The van der Waals surface area contributed by atoms with Crippen molar-refractivity contribution in [3.05, 3.63) is 131 Å². The van der Waals surface area contributed by atoms with E-state index in [1.807, 2.05) is 30.3 Å². The third-order valence-electron chi connectivity index (χ3n) is 6.52. The van der Waals surface area contributed by atoms with Crippen molar-refractivity contribution in [1.29, 1.82) is 0 Å². The highest BCUT2D eigenvalue weighted by atomic mass is 16.5. The summed E-state index contributed by atoms with van der Waals surface area (Å²) in [6.45, 7) is 0. The van der Waals surface area contributed by atoms with E-state index in [4.69, 9.17) is 9.47 Å². The predicted molar refractivity (Wildman–Crippen MR) is 136 cm³/mol. The van der Waals surface area contributed by atoms with Gasteiger partial charge < -0.3 is 9.47 Å². The van der Waals surface area contributed by atoms with Crippen LogP contribution in [0, 0.1) is 11.8 Å². The molecule has 0 bridgehead atoms. The molecule has 5 rings (SSSR count). The first-order valence-electron chi connectivity index (χ1n) is 11.7. The summed E-state index contributed by atoms with van der Waals surface area (Å²) in [5.41, 5.74) is 1.77. The summed E-state index contributed by atoms with van der Waals surface area (Å²) in [6.07, 6.45) is -0.812. The van der Waals surface area contributed by atoms with E-state index in [2.05, 4.69) is 0 Å². The molecule has 0 aromatic heterocycles. The molecule has 0 saturated heterocycles. The van der Waals surface area contributed by atoms with Crippen molar-refractivity contribution in [1.82, 2.24) is 0 Å². The molecule has 5 heteroatoms. The van der Waals surface area contributed by atoms with E-state index in [-0.39, 0.29) is 5.78 Å². The van der Waals surface area contributed by atoms with E-state index in [1.165, 1.54) is 0 Å². The van der Waals surface area contributed by atoms with E-state index in [0.29, 0.717) is 28.2 Å². The van der Waals surface area contributed by atoms with Gasteiger partial charge in [0.25, 0.3) is 0 Å². The molecule has 5 nitrogen and oxygen atoms in total. The van der Waals surface area contributed by atoms with Gasteiger partial charge in [-0.1, -0.05) is 72.8 Å². The number of para-hydroxylation sites is 1. The van der Waals surface area contributed by atoms with E-state index < -0.39 is 29.5 Å². The second kappa shape index (κ2) is 10.0. The summed E-state index contributed by atoms with van der Waals surface area (Å²) in [5, 5.41) is 0. The van der Waals surface area contributed by atoms with Crippen molar-refractivity contribution >= 4 is 17.3 Å². The van der Waals surface area contributed by atoms with Crippen molar-refractivity contribution in [2.75, 3.05) is 7.11 Å². The summed E-state index contributed by atoms with van der Waals surface area (Å²) < 4.78 is 11.6. The molecule has 0 N–H and O–H groups in total. The van der Waals surface area contributed by atoms with Crippen LogP contribution in [0.15, 0.2) is 109 Å². The number of ether oxygens (including phenoxy) is 2. The Balaban J connectivity index is 1.67. The Morgan fingerprint density at radius 2 is 1.28 bits per heavy atom. The zero-order valence-corrected chi connectivity index (χ0v) is 19.7. The lowest BCUT2D eigenvalue weighted by Crippen LogP contribution is -2.43. The average molecular weight is 477 g/mol. The number of methoxy groups -OCH3 is 1. The Morgan fingerprint density at radius 3 is 1.92 bits per heavy atom. The second-order valence-electron chi connectivity index (χ2n) is 8.64. The minimum Gasteiger partial charge on any atom is -0.497 e. The van der Waals surface area contributed by atoms with Crippen LogP contribution in [0.25, 0.3) is 0 Å². The molecule has 3 atom stereocenters. The van der Waals surface area contributed by atoms with Crippen LogP contribution >= 0.6 is 0 Å². The van der Waals surface area contributed by atoms with Gasteiger partial charge in [-0.2, -0.15) is 0 Å². The second-order valence-corrected chi connectivity index (χ2v) is 8.64. The average Bonchev–Trinajstić information content (AvgIpc) is 2.95. The predicted octanol–water partition coefficient (Wildman–Crippen LogP) is 6.01. The van der Waals surface area contributed by atoms with Gasteiger partial charge in [-0.15, -0.1) is 0 Å². The third-order valence-corrected chi connectivity index (χ3v) is 6.52. The molecule has 4 aromatic rings. The SMILES string of the molecule is COc1ccc(C(=O)C(C(=O)c2ccccc2)C2C(=O)c3ccccc3OC2c2ccccc2)cc1. The smallest absolute Gasteiger partial charge is 0.174 e. The molecule has 0 radical (unpaired) electrons. The van der Waals surface area contributed by atoms with Gasteiger partial charge in [-0.25, -0.2) is 0 Å². The molecule has 178 valence electrons. The molecule has 1 aliphatic rings. The molecule has 0 fully saturated rings. The zero-order chi connectivity index (χ0) is 25.1. The van der Waals surface area contributed by atoms with E-state index >= 15 is 0 Å². The zero-order valence-electron chi connectivity index (χ0n) is 19.7. The van der Waals surface area contributed by atoms with Crippen LogP contribution in [-0.4, -0.2) is 24.5 Å². The summed E-state index contributed by atoms with van der Waals surface area (Å²) in [5.74, 6) is -2.45. The molecule has 4 aromatic carbocycles. The maximum atomic E-state index is 14.0. The number of Topliss-reactive ketones (excluding diaryl/α,β-unsaturated/α-hetero) is 3. The number of rotatable bonds is 7. The van der Waals surface area contributed by atoms with Crippen LogP contribution in [0.2, 0.25) is 0 Å². The van der Waals surface area contributed by atoms with Crippen molar-refractivity contribution in [2.45, 2.75) is 6.10 Å². The third kappa shape index (κ3) is 4.31. The van der Waals surface area contributed by atoms with Gasteiger partial charge >= 0.3 is 0 Å². The minimum atomic E-state index is -1.29. The van der Waals surface area contributed by atoms with Crippen LogP contribution in [0.1, 0.15) is 42.7 Å². The lowest BCUT2D eigenvalue weighted by Gasteiger charge is -2.36. The largest absolute Gasteiger partial charge is 0.497 e. The first-order chi connectivity index (χ1) is 17.6. The number of benzene rings is 4. The van der Waals surface area contributed by atoms with Gasteiger partial charge in [0.1, 0.15) is 17.6 Å². The highest BCUT2D eigenvalue weighted by Gasteiger charge is 2.48. The molecule has 3 unspecified atom stereocenters. The topological polar surface area (TPSA) is 69.7 Å². The summed E-state index contributed by atoms with van der Waals surface area (Å²) >= 11 is 0. The summed E-state index contributed by atoms with van der Waals surface area (Å²) in [6, 6.07) is 31.4. The van der Waals surface area contributed by atoms with Gasteiger partial charge in [0, 0.05) is 11.1 Å². The fourth-order valence-corrected chi connectivity index (χ4v) is 4.71. The van der Waals surface area contributed by atoms with Crippen molar-refractivity contribution < 1.29 is 23.9 Å². The monoisotopic (exact) mass is 476 g/mol. The standard InChI is InChI=1S/C31H24O5/c1-35-23-18-16-21(17-19-23)29(33)26(28(32)20-10-4-2-5-11-20)27-30(34)24-14-8-9-15-25(24)36-31(27)22-12-6-3-7-13-22/h2-19,26-27,31H,1H3. The first-order valence-corrected chi connectivity index (χ1v) is 11.7. The highest BCUT2D eigenvalue weighted by Crippen LogP contribution is 2.43. The Labute approximate surface area is 209 Å². The molecule has 0 amide bonds. The Bertz CT molecular complexity index is 1390. The number of hydrogen-bond donors (Lipinski definition) is 0. The number of hydrogen-bond acceptors (Lipinski definition) is 5. The number of ketones is 3. The Hall–Kier alpha value is -4.51. The minimum absolute atomic E-state index is 0.290. The van der Waals surface area contributed by atoms with Crippen molar-refractivity contribution in [2.24, 2.45) is 11.8 Å². The van der Waals surface area contributed by atoms with Gasteiger partial charge in [0.2, 0.25) is 0 Å². The van der Waals surface area contributed by atoms with Crippen molar-refractivity contribution in [3.8, 4) is 11.5 Å². The maximum Gasteiger partial charge on any atom is 0.174 e. The van der Waals surface area contributed by atoms with Crippen LogP contribution < -0.4 is 9.47 Å². The molecule has 36 heavy (non-hydrogen) atoms. The van der Waals surface area contributed by atoms with Gasteiger partial charge in [-0.05, 0) is 42.0 Å². The Morgan fingerprint density at radius 1 is 0.722 bits per heavy atom. The summed E-state index contributed by atoms with van der Waals surface area (Å²) in [7, 11) is 1.54. The quantitative estimate of drug-likeness (QED) is 0.241. The van der Waals surface area contributed by atoms with E-state index in [1.54, 1.807) is 86.0 Å². The first kappa shape index (κ1) is 23.2. The van der Waals surface area contributed by atoms with Gasteiger partial charge in [-0.3, -0.25) is 14.4 Å².